The number of carbonyl (C=O) groups is 1. The third-order valence-corrected chi connectivity index (χ3v) is 2.95. The Labute approximate surface area is 107 Å². The quantitative estimate of drug-likeness (QED) is 0.770. The number of hydrogen-bond donors (Lipinski definition) is 0. The topological polar surface area (TPSA) is 44.8 Å². The zero-order valence-corrected chi connectivity index (χ0v) is 10.8. The fourth-order valence-corrected chi connectivity index (χ4v) is 2.06. The Morgan fingerprint density at radius 3 is 2.67 bits per heavy atom. The summed E-state index contributed by atoms with van der Waals surface area (Å²) < 4.78 is 16.1. The molecule has 0 N–H and O–H groups in total. The molecule has 1 aromatic carbocycles. The molecule has 0 fully saturated rings. The van der Waals surface area contributed by atoms with E-state index in [-0.39, 0.29) is 11.9 Å². The van der Waals surface area contributed by atoms with Crippen molar-refractivity contribution in [1.29, 1.82) is 0 Å². The van der Waals surface area contributed by atoms with E-state index in [1.165, 1.54) is 0 Å². The average Bonchev–Trinajstić information content (AvgIpc) is 2.40. The molecule has 1 atom stereocenters. The van der Waals surface area contributed by atoms with Gasteiger partial charge in [-0.1, -0.05) is 13.0 Å². The average molecular weight is 250 g/mol. The summed E-state index contributed by atoms with van der Waals surface area (Å²) in [5.41, 5.74) is 0.917. The van der Waals surface area contributed by atoms with Gasteiger partial charge in [-0.05, 0) is 31.0 Å². The highest BCUT2D eigenvalue weighted by atomic mass is 16.6. The normalized spacial score (nSPS) is 15.0. The van der Waals surface area contributed by atoms with Gasteiger partial charge >= 0.3 is 5.97 Å². The minimum absolute atomic E-state index is 0.184. The van der Waals surface area contributed by atoms with E-state index in [9.17, 15) is 4.79 Å². The van der Waals surface area contributed by atoms with Crippen LogP contribution in [-0.2, 0) is 9.53 Å². The highest BCUT2D eigenvalue weighted by molar-refractivity contribution is 5.78. The molecular formula is C14H18O4. The summed E-state index contributed by atoms with van der Waals surface area (Å²) in [6.45, 7) is 5.31. The summed E-state index contributed by atoms with van der Waals surface area (Å²) in [5.74, 6) is 1.03. The van der Waals surface area contributed by atoms with E-state index in [2.05, 4.69) is 0 Å². The lowest BCUT2D eigenvalue weighted by Crippen LogP contribution is -2.18. The van der Waals surface area contributed by atoms with E-state index in [0.717, 1.165) is 11.3 Å². The minimum Gasteiger partial charge on any atom is -0.486 e. The van der Waals surface area contributed by atoms with Crippen molar-refractivity contribution in [2.24, 2.45) is 0 Å². The second-order valence-corrected chi connectivity index (χ2v) is 4.12. The molecule has 0 amide bonds. The molecule has 0 bridgehead atoms. The first-order valence-electron chi connectivity index (χ1n) is 6.32. The molecule has 98 valence electrons. The first kappa shape index (κ1) is 12.7. The van der Waals surface area contributed by atoms with Crippen LogP contribution in [0.15, 0.2) is 18.2 Å². The number of fused-ring (bicyclic) bond motifs is 1. The van der Waals surface area contributed by atoms with Gasteiger partial charge < -0.3 is 14.2 Å². The van der Waals surface area contributed by atoms with E-state index >= 15 is 0 Å². The fourth-order valence-electron chi connectivity index (χ4n) is 2.06. The van der Waals surface area contributed by atoms with Gasteiger partial charge in [0.05, 0.1) is 12.5 Å². The number of esters is 1. The van der Waals surface area contributed by atoms with Gasteiger partial charge in [-0.2, -0.15) is 0 Å². The van der Waals surface area contributed by atoms with E-state index in [4.69, 9.17) is 14.2 Å². The van der Waals surface area contributed by atoms with Gasteiger partial charge in [0.25, 0.3) is 0 Å². The molecule has 4 heteroatoms. The summed E-state index contributed by atoms with van der Waals surface area (Å²) in [5, 5.41) is 0. The molecule has 1 aliphatic rings. The Kier molecular flexibility index (Phi) is 4.07. The first-order valence-corrected chi connectivity index (χ1v) is 6.32. The maximum absolute atomic E-state index is 11.8. The number of rotatable bonds is 4. The van der Waals surface area contributed by atoms with Gasteiger partial charge in [0.1, 0.15) is 13.2 Å². The van der Waals surface area contributed by atoms with Crippen molar-refractivity contribution in [1.82, 2.24) is 0 Å². The molecule has 0 saturated heterocycles. The Hall–Kier alpha value is -1.71. The largest absolute Gasteiger partial charge is 0.486 e. The Balaban J connectivity index is 2.23. The molecule has 1 heterocycles. The second-order valence-electron chi connectivity index (χ2n) is 4.12. The summed E-state index contributed by atoms with van der Waals surface area (Å²) in [4.78, 5) is 11.8. The van der Waals surface area contributed by atoms with Crippen LogP contribution in [0.3, 0.4) is 0 Å². The van der Waals surface area contributed by atoms with Crippen LogP contribution in [0, 0.1) is 0 Å². The van der Waals surface area contributed by atoms with Crippen molar-refractivity contribution in [2.75, 3.05) is 19.8 Å². The molecule has 1 aliphatic heterocycles. The lowest BCUT2D eigenvalue weighted by molar-refractivity contribution is -0.145. The Morgan fingerprint density at radius 1 is 1.28 bits per heavy atom. The molecule has 1 unspecified atom stereocenters. The lowest BCUT2D eigenvalue weighted by atomic mass is 9.96. The van der Waals surface area contributed by atoms with E-state index in [0.29, 0.717) is 32.0 Å². The van der Waals surface area contributed by atoms with Crippen LogP contribution < -0.4 is 9.47 Å². The first-order chi connectivity index (χ1) is 8.76. The zero-order valence-electron chi connectivity index (χ0n) is 10.8. The molecule has 18 heavy (non-hydrogen) atoms. The van der Waals surface area contributed by atoms with E-state index in [1.54, 1.807) is 0 Å². The predicted molar refractivity (Wildman–Crippen MR) is 67.1 cm³/mol. The predicted octanol–water partition coefficient (Wildman–Crippen LogP) is 2.51. The van der Waals surface area contributed by atoms with Crippen LogP contribution in [0.25, 0.3) is 0 Å². The van der Waals surface area contributed by atoms with Crippen molar-refractivity contribution in [3.8, 4) is 11.5 Å². The maximum atomic E-state index is 11.8. The Morgan fingerprint density at radius 2 is 2.00 bits per heavy atom. The highest BCUT2D eigenvalue weighted by Gasteiger charge is 2.22. The SMILES string of the molecule is CCOC(=O)C(CC)c1ccc2c(c1)OCCO2. The van der Waals surface area contributed by atoms with Crippen molar-refractivity contribution >= 4 is 5.97 Å². The fraction of sp³-hybridized carbons (Fsp3) is 0.500. The second kappa shape index (κ2) is 5.76. The van der Waals surface area contributed by atoms with Crippen LogP contribution in [0.1, 0.15) is 31.7 Å². The van der Waals surface area contributed by atoms with E-state index in [1.807, 2.05) is 32.0 Å². The molecule has 1 aromatic rings. The van der Waals surface area contributed by atoms with Gasteiger partial charge in [-0.25, -0.2) is 0 Å². The number of hydrogen-bond acceptors (Lipinski definition) is 4. The molecule has 0 radical (unpaired) electrons. The van der Waals surface area contributed by atoms with Crippen LogP contribution in [0.5, 0.6) is 11.5 Å². The third kappa shape index (κ3) is 2.58. The maximum Gasteiger partial charge on any atom is 0.313 e. The van der Waals surface area contributed by atoms with Gasteiger partial charge in [0, 0.05) is 0 Å². The summed E-state index contributed by atoms with van der Waals surface area (Å²) >= 11 is 0. The van der Waals surface area contributed by atoms with Crippen LogP contribution in [0.2, 0.25) is 0 Å². The van der Waals surface area contributed by atoms with Crippen molar-refractivity contribution in [3.63, 3.8) is 0 Å². The van der Waals surface area contributed by atoms with Gasteiger partial charge in [0.2, 0.25) is 0 Å². The zero-order chi connectivity index (χ0) is 13.0. The molecule has 0 aromatic heterocycles. The monoisotopic (exact) mass is 250 g/mol. The third-order valence-electron chi connectivity index (χ3n) is 2.95. The molecule has 0 aliphatic carbocycles. The minimum atomic E-state index is -0.235. The molecule has 0 saturated carbocycles. The van der Waals surface area contributed by atoms with Gasteiger partial charge in [-0.3, -0.25) is 4.79 Å². The van der Waals surface area contributed by atoms with Crippen molar-refractivity contribution in [3.05, 3.63) is 23.8 Å². The summed E-state index contributed by atoms with van der Waals surface area (Å²) in [6, 6.07) is 5.63. The van der Waals surface area contributed by atoms with Gasteiger partial charge in [-0.15, -0.1) is 0 Å². The smallest absolute Gasteiger partial charge is 0.313 e. The molecule has 0 spiro atoms. The molecule has 4 nitrogen and oxygen atoms in total. The van der Waals surface area contributed by atoms with Crippen LogP contribution in [-0.4, -0.2) is 25.8 Å². The Bertz CT molecular complexity index is 428. The standard InChI is InChI=1S/C14H18O4/c1-3-11(14(15)16-4-2)10-5-6-12-13(9-10)18-8-7-17-12/h5-6,9,11H,3-4,7-8H2,1-2H3. The number of carbonyl (C=O) groups excluding carboxylic acids is 1. The molecule has 2 rings (SSSR count). The van der Waals surface area contributed by atoms with Gasteiger partial charge in [0.15, 0.2) is 11.5 Å². The van der Waals surface area contributed by atoms with Crippen LogP contribution in [0.4, 0.5) is 0 Å². The van der Waals surface area contributed by atoms with Crippen molar-refractivity contribution in [2.45, 2.75) is 26.2 Å². The summed E-state index contributed by atoms with van der Waals surface area (Å²) in [7, 11) is 0. The number of benzene rings is 1. The number of ether oxygens (including phenoxy) is 3. The summed E-state index contributed by atoms with van der Waals surface area (Å²) in [6.07, 6.45) is 0.707. The highest BCUT2D eigenvalue weighted by Crippen LogP contribution is 2.34. The van der Waals surface area contributed by atoms with Crippen LogP contribution >= 0.6 is 0 Å². The lowest BCUT2D eigenvalue weighted by Gasteiger charge is -2.21. The molecular weight excluding hydrogens is 232 g/mol. The van der Waals surface area contributed by atoms with Crippen molar-refractivity contribution < 1.29 is 19.0 Å². The van der Waals surface area contributed by atoms with E-state index < -0.39 is 0 Å².